The van der Waals surface area contributed by atoms with E-state index in [1.54, 1.807) is 0 Å². The first-order chi connectivity index (χ1) is 11.6. The van der Waals surface area contributed by atoms with Crippen molar-refractivity contribution in [3.8, 4) is 5.75 Å². The summed E-state index contributed by atoms with van der Waals surface area (Å²) in [5.74, 6) is -0.108. The van der Waals surface area contributed by atoms with Gasteiger partial charge in [0.15, 0.2) is 0 Å². The number of hydrogen-bond donors (Lipinski definition) is 2. The number of alkyl halides is 2. The highest BCUT2D eigenvalue weighted by Gasteiger charge is 2.17. The third-order valence-electron chi connectivity index (χ3n) is 3.03. The minimum atomic E-state index is -4.05. The lowest BCUT2D eigenvalue weighted by Crippen LogP contribution is -2.23. The van der Waals surface area contributed by atoms with Crippen molar-refractivity contribution in [2.45, 2.75) is 22.9 Å². The number of nitrogens with one attached hydrogen (secondary N) is 1. The van der Waals surface area contributed by atoms with E-state index in [1.807, 2.05) is 0 Å². The average molecular weight is 392 g/mol. The maximum Gasteiger partial charge on any atom is 0.387 e. The third-order valence-corrected chi connectivity index (χ3v) is 5.34. The molecule has 0 aliphatic rings. The first-order valence-electron chi connectivity index (χ1n) is 6.74. The fraction of sp³-hybridized carbons (Fsp3) is 0.143. The average Bonchev–Trinajstić information content (AvgIpc) is 2.52. The van der Waals surface area contributed by atoms with Gasteiger partial charge in [0.05, 0.1) is 9.79 Å². The monoisotopic (exact) mass is 392 g/mol. The van der Waals surface area contributed by atoms with Gasteiger partial charge < -0.3 is 4.74 Å². The molecule has 0 saturated heterocycles. The van der Waals surface area contributed by atoms with Crippen molar-refractivity contribution >= 4 is 20.0 Å². The van der Waals surface area contributed by atoms with Crippen LogP contribution in [-0.4, -0.2) is 23.4 Å². The van der Waals surface area contributed by atoms with Crippen LogP contribution in [0.2, 0.25) is 0 Å². The zero-order chi connectivity index (χ0) is 18.7. The molecule has 0 unspecified atom stereocenters. The van der Waals surface area contributed by atoms with Crippen molar-refractivity contribution in [1.82, 2.24) is 4.72 Å². The van der Waals surface area contributed by atoms with Gasteiger partial charge in [0.2, 0.25) is 20.0 Å². The van der Waals surface area contributed by atoms with Crippen LogP contribution in [0, 0.1) is 0 Å². The Kier molecular flexibility index (Phi) is 5.72. The van der Waals surface area contributed by atoms with Crippen LogP contribution in [0.1, 0.15) is 5.56 Å². The molecule has 11 heteroatoms. The van der Waals surface area contributed by atoms with Gasteiger partial charge >= 0.3 is 6.61 Å². The van der Waals surface area contributed by atoms with Gasteiger partial charge in [-0.25, -0.2) is 26.7 Å². The molecule has 2 aromatic rings. The smallest absolute Gasteiger partial charge is 0.387 e. The lowest BCUT2D eigenvalue weighted by molar-refractivity contribution is -0.0498. The second kappa shape index (κ2) is 7.44. The van der Waals surface area contributed by atoms with Crippen molar-refractivity contribution in [3.63, 3.8) is 0 Å². The molecule has 0 saturated carbocycles. The minimum absolute atomic E-state index is 0.108. The molecule has 0 heterocycles. The number of rotatable bonds is 7. The van der Waals surface area contributed by atoms with Crippen LogP contribution >= 0.6 is 0 Å². The van der Waals surface area contributed by atoms with Crippen molar-refractivity contribution in [1.29, 1.82) is 0 Å². The Bertz CT molecular complexity index is 963. The van der Waals surface area contributed by atoms with Crippen LogP contribution < -0.4 is 14.6 Å². The Hall–Kier alpha value is -2.08. The molecule has 7 nitrogen and oxygen atoms in total. The molecule has 0 aliphatic heterocycles. The highest BCUT2D eigenvalue weighted by Crippen LogP contribution is 2.18. The fourth-order valence-corrected chi connectivity index (χ4v) is 3.61. The molecule has 0 spiro atoms. The van der Waals surface area contributed by atoms with Gasteiger partial charge in [0, 0.05) is 6.54 Å². The quantitative estimate of drug-likeness (QED) is 0.739. The fourth-order valence-electron chi connectivity index (χ4n) is 1.91. The summed E-state index contributed by atoms with van der Waals surface area (Å²) in [5, 5.41) is 4.97. The maximum atomic E-state index is 12.2. The predicted octanol–water partition coefficient (Wildman–Crippen LogP) is 1.41. The second-order valence-electron chi connectivity index (χ2n) is 4.87. The van der Waals surface area contributed by atoms with Crippen LogP contribution in [0.15, 0.2) is 58.3 Å². The van der Waals surface area contributed by atoms with Gasteiger partial charge in [-0.1, -0.05) is 18.2 Å². The molecule has 0 aliphatic carbocycles. The number of ether oxygens (including phenoxy) is 1. The van der Waals surface area contributed by atoms with Crippen molar-refractivity contribution in [3.05, 3.63) is 54.1 Å². The molecule has 0 fully saturated rings. The van der Waals surface area contributed by atoms with E-state index in [9.17, 15) is 25.6 Å². The molecule has 0 radical (unpaired) electrons. The van der Waals surface area contributed by atoms with Gasteiger partial charge in [0.1, 0.15) is 5.75 Å². The van der Waals surface area contributed by atoms with Gasteiger partial charge in [0.25, 0.3) is 0 Å². The number of nitrogens with two attached hydrogens (primary N) is 1. The van der Waals surface area contributed by atoms with Crippen LogP contribution in [0.25, 0.3) is 0 Å². The topological polar surface area (TPSA) is 116 Å². The molecule has 0 atom stereocenters. The molecule has 25 heavy (non-hydrogen) atoms. The standard InChI is InChI=1S/C14H14F2N2O5S2/c15-14(16)23-11-4-1-3-10(7-11)9-18-25(21,22)13-6-2-5-12(8-13)24(17,19)20/h1-8,14,18H,9H2,(H2,17,19,20). The Morgan fingerprint density at radius 1 is 1.00 bits per heavy atom. The normalized spacial score (nSPS) is 12.3. The summed E-state index contributed by atoms with van der Waals surface area (Å²) in [4.78, 5) is -0.637. The van der Waals surface area contributed by atoms with E-state index in [0.717, 1.165) is 6.07 Å². The van der Waals surface area contributed by atoms with E-state index in [1.165, 1.54) is 42.5 Å². The van der Waals surface area contributed by atoms with Gasteiger partial charge in [-0.2, -0.15) is 8.78 Å². The zero-order valence-corrected chi connectivity index (χ0v) is 14.2. The first-order valence-corrected chi connectivity index (χ1v) is 9.77. The van der Waals surface area contributed by atoms with E-state index < -0.39 is 26.7 Å². The number of primary sulfonamides is 1. The van der Waals surface area contributed by atoms with Crippen molar-refractivity contribution < 1.29 is 30.4 Å². The van der Waals surface area contributed by atoms with Crippen LogP contribution in [-0.2, 0) is 26.6 Å². The van der Waals surface area contributed by atoms with Crippen LogP contribution in [0.4, 0.5) is 8.78 Å². The third kappa shape index (κ3) is 5.46. The highest BCUT2D eigenvalue weighted by molar-refractivity contribution is 7.90. The number of halogens is 2. The van der Waals surface area contributed by atoms with Gasteiger partial charge in [-0.3, -0.25) is 0 Å². The Morgan fingerprint density at radius 3 is 2.28 bits per heavy atom. The summed E-state index contributed by atoms with van der Waals surface area (Å²) in [5.41, 5.74) is 0.379. The summed E-state index contributed by atoms with van der Waals surface area (Å²) in [6, 6.07) is 10.0. The molecular formula is C14H14F2N2O5S2. The van der Waals surface area contributed by atoms with Crippen molar-refractivity contribution in [2.24, 2.45) is 5.14 Å². The minimum Gasteiger partial charge on any atom is -0.435 e. The van der Waals surface area contributed by atoms with Gasteiger partial charge in [-0.15, -0.1) is 0 Å². The van der Waals surface area contributed by atoms with E-state index in [-0.39, 0.29) is 22.1 Å². The lowest BCUT2D eigenvalue weighted by Gasteiger charge is -2.09. The molecule has 0 aromatic heterocycles. The number of benzene rings is 2. The molecule has 2 aromatic carbocycles. The first kappa shape index (κ1) is 19.2. The molecule has 0 amide bonds. The summed E-state index contributed by atoms with van der Waals surface area (Å²) >= 11 is 0. The number of sulfonamides is 2. The van der Waals surface area contributed by atoms with E-state index in [0.29, 0.717) is 5.56 Å². The summed E-state index contributed by atoms with van der Waals surface area (Å²) in [6.07, 6.45) is 0. The van der Waals surface area contributed by atoms with Crippen LogP contribution in [0.5, 0.6) is 5.75 Å². The van der Waals surface area contributed by atoms with E-state index in [4.69, 9.17) is 5.14 Å². The maximum absolute atomic E-state index is 12.2. The molecule has 2 rings (SSSR count). The molecule has 3 N–H and O–H groups in total. The molecular weight excluding hydrogens is 378 g/mol. The largest absolute Gasteiger partial charge is 0.435 e. The molecule has 136 valence electrons. The SMILES string of the molecule is NS(=O)(=O)c1cccc(S(=O)(=O)NCc2cccc(OC(F)F)c2)c1. The second-order valence-corrected chi connectivity index (χ2v) is 8.20. The molecule has 0 bridgehead atoms. The highest BCUT2D eigenvalue weighted by atomic mass is 32.2. The number of hydrogen-bond acceptors (Lipinski definition) is 5. The summed E-state index contributed by atoms with van der Waals surface area (Å²) < 4.78 is 78.0. The Balaban J connectivity index is 2.17. The van der Waals surface area contributed by atoms with Crippen LogP contribution in [0.3, 0.4) is 0 Å². The van der Waals surface area contributed by atoms with E-state index in [2.05, 4.69) is 9.46 Å². The summed E-state index contributed by atoms with van der Waals surface area (Å²) in [7, 11) is -8.09. The van der Waals surface area contributed by atoms with E-state index >= 15 is 0 Å². The predicted molar refractivity (Wildman–Crippen MR) is 84.9 cm³/mol. The Morgan fingerprint density at radius 2 is 1.64 bits per heavy atom. The van der Waals surface area contributed by atoms with Crippen molar-refractivity contribution in [2.75, 3.05) is 0 Å². The summed E-state index contributed by atoms with van der Waals surface area (Å²) in [6.45, 7) is -3.20. The lowest BCUT2D eigenvalue weighted by atomic mass is 10.2. The van der Waals surface area contributed by atoms with Gasteiger partial charge in [-0.05, 0) is 35.9 Å². The zero-order valence-electron chi connectivity index (χ0n) is 12.6. The Labute approximate surface area is 143 Å².